The Balaban J connectivity index is 1.93. The van der Waals surface area contributed by atoms with Gasteiger partial charge in [0.15, 0.2) is 0 Å². The van der Waals surface area contributed by atoms with Crippen molar-refractivity contribution in [3.63, 3.8) is 0 Å². The highest BCUT2D eigenvalue weighted by atomic mass is 79.9. The molecule has 106 valence electrons. The third-order valence-electron chi connectivity index (χ3n) is 3.42. The number of nitrogens with one attached hydrogen (secondary N) is 1. The highest BCUT2D eigenvalue weighted by Crippen LogP contribution is 2.25. The van der Waals surface area contributed by atoms with Crippen molar-refractivity contribution in [2.45, 2.75) is 13.3 Å². The van der Waals surface area contributed by atoms with Crippen molar-refractivity contribution in [3.05, 3.63) is 64.3 Å². The number of aryl methyl sites for hydroxylation is 1. The maximum absolute atomic E-state index is 12.5. The molecule has 0 radical (unpaired) electrons. The molecule has 0 unspecified atom stereocenters. The fraction of sp³-hybridized carbons (Fsp3) is 0.118. The molecule has 0 spiro atoms. The first-order valence-electron chi connectivity index (χ1n) is 6.75. The lowest BCUT2D eigenvalue weighted by Gasteiger charge is -2.09. The summed E-state index contributed by atoms with van der Waals surface area (Å²) in [6, 6.07) is 13.4. The van der Waals surface area contributed by atoms with Crippen LogP contribution in [0.3, 0.4) is 0 Å². The molecular formula is C17H14BrNO2. The van der Waals surface area contributed by atoms with E-state index in [0.717, 1.165) is 27.5 Å². The van der Waals surface area contributed by atoms with Crippen LogP contribution in [0.2, 0.25) is 0 Å². The molecule has 1 heterocycles. The monoisotopic (exact) mass is 343 g/mol. The summed E-state index contributed by atoms with van der Waals surface area (Å²) >= 11 is 3.45. The van der Waals surface area contributed by atoms with Crippen molar-refractivity contribution in [1.82, 2.24) is 0 Å². The molecule has 0 fully saturated rings. The summed E-state index contributed by atoms with van der Waals surface area (Å²) in [6.45, 7) is 2.06. The van der Waals surface area contributed by atoms with E-state index in [2.05, 4.69) is 28.2 Å². The number of para-hydroxylation sites is 1. The first kappa shape index (κ1) is 13.9. The van der Waals surface area contributed by atoms with Gasteiger partial charge in [0.05, 0.1) is 5.56 Å². The lowest BCUT2D eigenvalue weighted by molar-refractivity contribution is 0.102. The van der Waals surface area contributed by atoms with Crippen LogP contribution in [-0.2, 0) is 6.42 Å². The number of hydrogen-bond acceptors (Lipinski definition) is 2. The van der Waals surface area contributed by atoms with Crippen LogP contribution < -0.4 is 5.32 Å². The number of hydrogen-bond donors (Lipinski definition) is 1. The maximum atomic E-state index is 12.5. The maximum Gasteiger partial charge on any atom is 0.259 e. The number of benzene rings is 2. The summed E-state index contributed by atoms with van der Waals surface area (Å²) in [4.78, 5) is 12.5. The second-order valence-electron chi connectivity index (χ2n) is 4.75. The predicted molar refractivity (Wildman–Crippen MR) is 87.7 cm³/mol. The number of amides is 1. The second-order valence-corrected chi connectivity index (χ2v) is 5.67. The molecule has 0 aliphatic carbocycles. The first-order valence-corrected chi connectivity index (χ1v) is 7.54. The zero-order chi connectivity index (χ0) is 14.8. The molecular weight excluding hydrogens is 330 g/mol. The lowest BCUT2D eigenvalue weighted by Crippen LogP contribution is -2.12. The SMILES string of the molecule is CCc1cc(Br)ccc1NC(=O)c1coc2ccccc12. The van der Waals surface area contributed by atoms with Gasteiger partial charge in [-0.1, -0.05) is 41.1 Å². The Morgan fingerprint density at radius 2 is 2.05 bits per heavy atom. The molecule has 1 amide bonds. The Bertz CT molecular complexity index is 807. The average molecular weight is 344 g/mol. The summed E-state index contributed by atoms with van der Waals surface area (Å²) in [5, 5.41) is 3.79. The van der Waals surface area contributed by atoms with Crippen molar-refractivity contribution >= 4 is 38.5 Å². The Morgan fingerprint density at radius 3 is 2.86 bits per heavy atom. The van der Waals surface area contributed by atoms with Gasteiger partial charge in [-0.15, -0.1) is 0 Å². The van der Waals surface area contributed by atoms with E-state index in [1.54, 1.807) is 0 Å². The summed E-state index contributed by atoms with van der Waals surface area (Å²) < 4.78 is 6.42. The molecule has 1 N–H and O–H groups in total. The molecule has 21 heavy (non-hydrogen) atoms. The van der Waals surface area contributed by atoms with Gasteiger partial charge in [0.1, 0.15) is 11.8 Å². The number of fused-ring (bicyclic) bond motifs is 1. The van der Waals surface area contributed by atoms with Gasteiger partial charge in [0.2, 0.25) is 0 Å². The first-order chi connectivity index (χ1) is 10.2. The van der Waals surface area contributed by atoms with Crippen molar-refractivity contribution in [3.8, 4) is 0 Å². The molecule has 3 nitrogen and oxygen atoms in total. The zero-order valence-electron chi connectivity index (χ0n) is 11.5. The number of carbonyl (C=O) groups excluding carboxylic acids is 1. The van der Waals surface area contributed by atoms with Crippen molar-refractivity contribution in [2.75, 3.05) is 5.32 Å². The number of halogens is 1. The van der Waals surface area contributed by atoms with Gasteiger partial charge in [-0.3, -0.25) is 4.79 Å². The summed E-state index contributed by atoms with van der Waals surface area (Å²) in [6.07, 6.45) is 2.35. The molecule has 0 bridgehead atoms. The van der Waals surface area contributed by atoms with E-state index in [4.69, 9.17) is 4.42 Å². The van der Waals surface area contributed by atoms with Gasteiger partial charge in [-0.25, -0.2) is 0 Å². The third-order valence-corrected chi connectivity index (χ3v) is 3.92. The van der Waals surface area contributed by atoms with E-state index in [0.29, 0.717) is 11.1 Å². The Hall–Kier alpha value is -2.07. The normalized spacial score (nSPS) is 10.8. The van der Waals surface area contributed by atoms with Gasteiger partial charge in [-0.05, 0) is 36.2 Å². The second kappa shape index (κ2) is 5.74. The number of anilines is 1. The number of rotatable bonds is 3. The molecule has 2 aromatic carbocycles. The van der Waals surface area contributed by atoms with Crippen LogP contribution >= 0.6 is 15.9 Å². The van der Waals surface area contributed by atoms with Crippen LogP contribution in [0.1, 0.15) is 22.8 Å². The van der Waals surface area contributed by atoms with Crippen LogP contribution in [-0.4, -0.2) is 5.91 Å². The van der Waals surface area contributed by atoms with E-state index < -0.39 is 0 Å². The van der Waals surface area contributed by atoms with Gasteiger partial charge in [-0.2, -0.15) is 0 Å². The molecule has 0 atom stereocenters. The molecule has 4 heteroatoms. The lowest BCUT2D eigenvalue weighted by atomic mass is 10.1. The van der Waals surface area contributed by atoms with Gasteiger partial charge >= 0.3 is 0 Å². The summed E-state index contributed by atoms with van der Waals surface area (Å²) in [5.74, 6) is -0.156. The fourth-order valence-corrected chi connectivity index (χ4v) is 2.73. The van der Waals surface area contributed by atoms with E-state index >= 15 is 0 Å². The Kier molecular flexibility index (Phi) is 3.80. The summed E-state index contributed by atoms with van der Waals surface area (Å²) in [7, 11) is 0. The van der Waals surface area contributed by atoms with Crippen molar-refractivity contribution in [2.24, 2.45) is 0 Å². The molecule has 0 aliphatic heterocycles. The largest absolute Gasteiger partial charge is 0.463 e. The predicted octanol–water partition coefficient (Wildman–Crippen LogP) is 5.01. The minimum atomic E-state index is -0.156. The standard InChI is InChI=1S/C17H14BrNO2/c1-2-11-9-12(18)7-8-15(11)19-17(20)14-10-21-16-6-4-3-5-13(14)16/h3-10H,2H2,1H3,(H,19,20). The van der Waals surface area contributed by atoms with Crippen LogP contribution in [0, 0.1) is 0 Å². The fourth-order valence-electron chi connectivity index (χ4n) is 2.32. The van der Waals surface area contributed by atoms with Crippen LogP contribution in [0.4, 0.5) is 5.69 Å². The number of carbonyl (C=O) groups is 1. The smallest absolute Gasteiger partial charge is 0.259 e. The number of furan rings is 1. The quantitative estimate of drug-likeness (QED) is 0.726. The topological polar surface area (TPSA) is 42.2 Å². The van der Waals surface area contributed by atoms with E-state index in [-0.39, 0.29) is 5.91 Å². The third kappa shape index (κ3) is 2.72. The van der Waals surface area contributed by atoms with Crippen LogP contribution in [0.15, 0.2) is 57.6 Å². The van der Waals surface area contributed by atoms with Gasteiger partial charge in [0, 0.05) is 15.5 Å². The van der Waals surface area contributed by atoms with E-state index in [1.807, 2.05) is 42.5 Å². The highest BCUT2D eigenvalue weighted by Gasteiger charge is 2.14. The van der Waals surface area contributed by atoms with E-state index in [9.17, 15) is 4.79 Å². The van der Waals surface area contributed by atoms with Gasteiger partial charge < -0.3 is 9.73 Å². The zero-order valence-corrected chi connectivity index (χ0v) is 13.1. The van der Waals surface area contributed by atoms with Gasteiger partial charge in [0.25, 0.3) is 5.91 Å². The Morgan fingerprint density at radius 1 is 1.24 bits per heavy atom. The molecule has 1 aromatic heterocycles. The highest BCUT2D eigenvalue weighted by molar-refractivity contribution is 9.10. The van der Waals surface area contributed by atoms with Crippen LogP contribution in [0.5, 0.6) is 0 Å². The minimum absolute atomic E-state index is 0.156. The molecule has 3 aromatic rings. The molecule has 0 saturated heterocycles. The van der Waals surface area contributed by atoms with E-state index in [1.165, 1.54) is 6.26 Å². The molecule has 0 saturated carbocycles. The summed E-state index contributed by atoms with van der Waals surface area (Å²) in [5.41, 5.74) is 3.19. The van der Waals surface area contributed by atoms with Crippen molar-refractivity contribution < 1.29 is 9.21 Å². The minimum Gasteiger partial charge on any atom is -0.463 e. The van der Waals surface area contributed by atoms with Crippen molar-refractivity contribution in [1.29, 1.82) is 0 Å². The molecule has 0 aliphatic rings. The molecule has 3 rings (SSSR count). The Labute approximate surface area is 131 Å². The van der Waals surface area contributed by atoms with Crippen LogP contribution in [0.25, 0.3) is 11.0 Å². The average Bonchev–Trinajstić information content (AvgIpc) is 2.93.